The van der Waals surface area contributed by atoms with Crippen molar-refractivity contribution in [1.29, 1.82) is 0 Å². The molecule has 1 saturated heterocycles. The van der Waals surface area contributed by atoms with Crippen LogP contribution in [0, 0.1) is 0 Å². The summed E-state index contributed by atoms with van der Waals surface area (Å²) in [5.41, 5.74) is 1.27. The molecule has 0 saturated carbocycles. The van der Waals surface area contributed by atoms with E-state index < -0.39 is 0 Å². The zero-order valence-electron chi connectivity index (χ0n) is 8.89. The third-order valence-corrected chi connectivity index (χ3v) is 2.58. The largest absolute Gasteiger partial charge is 0.311 e. The predicted octanol–water partition coefficient (Wildman–Crippen LogP) is 1.67. The molecular formula is C13H17N2. The maximum absolute atomic E-state index is 4.39. The molecule has 0 spiro atoms. The summed E-state index contributed by atoms with van der Waals surface area (Å²) in [6.45, 7) is 2.96. The van der Waals surface area contributed by atoms with Crippen LogP contribution in [0.5, 0.6) is 0 Å². The summed E-state index contributed by atoms with van der Waals surface area (Å²) in [6, 6.07) is 10.9. The normalized spacial score (nSPS) is 22.0. The van der Waals surface area contributed by atoms with E-state index in [1.54, 1.807) is 0 Å². The summed E-state index contributed by atoms with van der Waals surface area (Å²) in [6.07, 6.45) is 5.47. The summed E-state index contributed by atoms with van der Waals surface area (Å²) in [5.74, 6) is 0. The van der Waals surface area contributed by atoms with Crippen LogP contribution >= 0.6 is 0 Å². The van der Waals surface area contributed by atoms with Gasteiger partial charge in [0.15, 0.2) is 0 Å². The predicted molar refractivity (Wildman–Crippen MR) is 63.8 cm³/mol. The Hall–Kier alpha value is -1.12. The molecule has 0 aromatic heterocycles. The Morgan fingerprint density at radius 1 is 1.33 bits per heavy atom. The van der Waals surface area contributed by atoms with Crippen molar-refractivity contribution in [3.63, 3.8) is 0 Å². The standard InChI is InChI=1S/C13H17N2/c1-2-5-12(6-3-1)7-4-8-13-11-14-9-10-15-13/h1-7,13,15H,8-11H2. The Balaban J connectivity index is 1.79. The number of hydrogen-bond acceptors (Lipinski definition) is 1. The van der Waals surface area contributed by atoms with Crippen molar-refractivity contribution >= 4 is 6.08 Å². The first-order valence-corrected chi connectivity index (χ1v) is 5.53. The number of hydrogen-bond donors (Lipinski definition) is 1. The summed E-state index contributed by atoms with van der Waals surface area (Å²) in [4.78, 5) is 0. The van der Waals surface area contributed by atoms with Gasteiger partial charge in [0.05, 0.1) is 0 Å². The van der Waals surface area contributed by atoms with E-state index in [1.807, 2.05) is 6.07 Å². The number of piperazine rings is 1. The van der Waals surface area contributed by atoms with E-state index in [-0.39, 0.29) is 0 Å². The highest BCUT2D eigenvalue weighted by Gasteiger charge is 2.10. The molecule has 1 fully saturated rings. The second kappa shape index (κ2) is 5.69. The molecule has 0 aliphatic carbocycles. The van der Waals surface area contributed by atoms with Gasteiger partial charge in [-0.1, -0.05) is 42.5 Å². The van der Waals surface area contributed by atoms with Crippen molar-refractivity contribution in [2.45, 2.75) is 12.5 Å². The highest BCUT2D eigenvalue weighted by Crippen LogP contribution is 2.03. The fourth-order valence-electron chi connectivity index (χ4n) is 1.75. The molecule has 1 N–H and O–H groups in total. The van der Waals surface area contributed by atoms with Gasteiger partial charge in [-0.05, 0) is 12.0 Å². The SMILES string of the molecule is C(=Cc1ccccc1)CC1C[N]CCN1. The molecule has 1 unspecified atom stereocenters. The Kier molecular flexibility index (Phi) is 3.94. The topological polar surface area (TPSA) is 26.1 Å². The molecule has 1 radical (unpaired) electrons. The lowest BCUT2D eigenvalue weighted by atomic mass is 10.1. The quantitative estimate of drug-likeness (QED) is 0.791. The Labute approximate surface area is 91.4 Å². The van der Waals surface area contributed by atoms with Gasteiger partial charge < -0.3 is 5.32 Å². The van der Waals surface area contributed by atoms with Gasteiger partial charge in [0.2, 0.25) is 0 Å². The van der Waals surface area contributed by atoms with Crippen LogP contribution in [0.4, 0.5) is 0 Å². The molecule has 79 valence electrons. The molecule has 1 aromatic carbocycles. The molecule has 15 heavy (non-hydrogen) atoms. The average molecular weight is 201 g/mol. The van der Waals surface area contributed by atoms with Crippen molar-refractivity contribution in [3.05, 3.63) is 42.0 Å². The van der Waals surface area contributed by atoms with Crippen LogP contribution in [-0.2, 0) is 0 Å². The first-order valence-electron chi connectivity index (χ1n) is 5.53. The highest BCUT2D eigenvalue weighted by atomic mass is 15.0. The number of nitrogens with one attached hydrogen (secondary N) is 1. The molecular weight excluding hydrogens is 184 g/mol. The van der Waals surface area contributed by atoms with Crippen LogP contribution in [0.15, 0.2) is 36.4 Å². The van der Waals surface area contributed by atoms with Crippen molar-refractivity contribution in [3.8, 4) is 0 Å². The van der Waals surface area contributed by atoms with E-state index in [4.69, 9.17) is 0 Å². The zero-order valence-corrected chi connectivity index (χ0v) is 8.89. The molecule has 0 amide bonds. The number of rotatable bonds is 3. The molecule has 1 heterocycles. The minimum absolute atomic E-state index is 0.540. The summed E-state index contributed by atoms with van der Waals surface area (Å²) >= 11 is 0. The Morgan fingerprint density at radius 2 is 2.20 bits per heavy atom. The monoisotopic (exact) mass is 201 g/mol. The van der Waals surface area contributed by atoms with E-state index in [1.165, 1.54) is 5.56 Å². The molecule has 1 aliphatic rings. The number of nitrogens with zero attached hydrogens (tertiary/aromatic N) is 1. The van der Waals surface area contributed by atoms with E-state index in [9.17, 15) is 0 Å². The average Bonchev–Trinajstić information content (AvgIpc) is 2.32. The molecule has 1 aromatic rings. The molecule has 2 nitrogen and oxygen atoms in total. The maximum Gasteiger partial charge on any atom is 0.0291 e. The van der Waals surface area contributed by atoms with E-state index in [2.05, 4.69) is 47.1 Å². The van der Waals surface area contributed by atoms with Gasteiger partial charge in [0.1, 0.15) is 0 Å². The van der Waals surface area contributed by atoms with Crippen molar-refractivity contribution in [2.24, 2.45) is 0 Å². The van der Waals surface area contributed by atoms with Gasteiger partial charge in [-0.2, -0.15) is 0 Å². The van der Waals surface area contributed by atoms with Gasteiger partial charge in [0, 0.05) is 25.7 Å². The van der Waals surface area contributed by atoms with Crippen molar-refractivity contribution in [2.75, 3.05) is 19.6 Å². The van der Waals surface area contributed by atoms with Gasteiger partial charge in [-0.15, -0.1) is 0 Å². The third kappa shape index (κ3) is 3.50. The van der Waals surface area contributed by atoms with Crippen molar-refractivity contribution < 1.29 is 0 Å². The van der Waals surface area contributed by atoms with Crippen molar-refractivity contribution in [1.82, 2.24) is 10.6 Å². The highest BCUT2D eigenvalue weighted by molar-refractivity contribution is 5.48. The van der Waals surface area contributed by atoms with Crippen LogP contribution in [0.1, 0.15) is 12.0 Å². The van der Waals surface area contributed by atoms with E-state index >= 15 is 0 Å². The Bertz CT molecular complexity index is 300. The summed E-state index contributed by atoms with van der Waals surface area (Å²) in [5, 5.41) is 7.85. The van der Waals surface area contributed by atoms with Crippen LogP contribution in [-0.4, -0.2) is 25.7 Å². The lowest BCUT2D eigenvalue weighted by Gasteiger charge is -2.21. The van der Waals surface area contributed by atoms with Gasteiger partial charge in [-0.3, -0.25) is 0 Å². The molecule has 1 atom stereocenters. The van der Waals surface area contributed by atoms with E-state index in [0.717, 1.165) is 26.1 Å². The number of benzene rings is 1. The van der Waals surface area contributed by atoms with Crippen LogP contribution < -0.4 is 10.6 Å². The van der Waals surface area contributed by atoms with Gasteiger partial charge >= 0.3 is 0 Å². The molecule has 0 bridgehead atoms. The fourth-order valence-corrected chi connectivity index (χ4v) is 1.75. The van der Waals surface area contributed by atoms with Crippen LogP contribution in [0.3, 0.4) is 0 Å². The molecule has 2 rings (SSSR count). The fraction of sp³-hybridized carbons (Fsp3) is 0.385. The van der Waals surface area contributed by atoms with E-state index in [0.29, 0.717) is 6.04 Å². The second-order valence-electron chi connectivity index (χ2n) is 3.83. The maximum atomic E-state index is 4.39. The van der Waals surface area contributed by atoms with Gasteiger partial charge in [-0.25, -0.2) is 5.32 Å². The minimum atomic E-state index is 0.540. The minimum Gasteiger partial charge on any atom is -0.311 e. The third-order valence-electron chi connectivity index (χ3n) is 2.58. The smallest absolute Gasteiger partial charge is 0.0291 e. The Morgan fingerprint density at radius 3 is 2.93 bits per heavy atom. The van der Waals surface area contributed by atoms with Gasteiger partial charge in [0.25, 0.3) is 0 Å². The second-order valence-corrected chi connectivity index (χ2v) is 3.83. The lowest BCUT2D eigenvalue weighted by Crippen LogP contribution is -2.44. The molecule has 2 heteroatoms. The molecule has 1 aliphatic heterocycles. The summed E-state index contributed by atoms with van der Waals surface area (Å²) in [7, 11) is 0. The first kappa shape index (κ1) is 10.4. The van der Waals surface area contributed by atoms with Crippen LogP contribution in [0.2, 0.25) is 0 Å². The lowest BCUT2D eigenvalue weighted by molar-refractivity contribution is 0.415. The zero-order chi connectivity index (χ0) is 10.3. The van der Waals surface area contributed by atoms with Crippen LogP contribution in [0.25, 0.3) is 6.08 Å². The summed E-state index contributed by atoms with van der Waals surface area (Å²) < 4.78 is 0. The first-order chi connectivity index (χ1) is 7.45.